The van der Waals surface area contributed by atoms with Crippen LogP contribution in [0.25, 0.3) is 11.0 Å². The van der Waals surface area contributed by atoms with Crippen LogP contribution in [0.5, 0.6) is 0 Å². The van der Waals surface area contributed by atoms with Crippen molar-refractivity contribution in [2.24, 2.45) is 0 Å². The Hall–Kier alpha value is -4.41. The monoisotopic (exact) mass is 687 g/mol. The van der Waals surface area contributed by atoms with Gasteiger partial charge in [-0.1, -0.05) is 103 Å². The first-order valence-electron chi connectivity index (χ1n) is 15.7. The van der Waals surface area contributed by atoms with E-state index in [1.54, 1.807) is 12.1 Å². The fourth-order valence-corrected chi connectivity index (χ4v) is 6.04. The number of carbonyl (C=O) groups excluding carboxylic acids is 2. The van der Waals surface area contributed by atoms with Crippen LogP contribution in [0, 0.1) is 0 Å². The van der Waals surface area contributed by atoms with Gasteiger partial charge in [-0.25, -0.2) is 9.78 Å². The van der Waals surface area contributed by atoms with Gasteiger partial charge in [0, 0.05) is 18.2 Å². The quantitative estimate of drug-likeness (QED) is 0.114. The van der Waals surface area contributed by atoms with Crippen LogP contribution in [0.3, 0.4) is 0 Å². The molecule has 250 valence electrons. The minimum absolute atomic E-state index is 0.0400. The highest BCUT2D eigenvalue weighted by Gasteiger charge is 2.33. The number of imidazole rings is 1. The van der Waals surface area contributed by atoms with E-state index in [9.17, 15) is 9.59 Å². The number of ether oxygens (including phenoxy) is 2. The van der Waals surface area contributed by atoms with E-state index in [-0.39, 0.29) is 12.1 Å². The third-order valence-electron chi connectivity index (χ3n) is 8.22. The van der Waals surface area contributed by atoms with E-state index in [0.717, 1.165) is 34.4 Å². The molecule has 0 aliphatic carbocycles. The van der Waals surface area contributed by atoms with Gasteiger partial charge in [-0.15, -0.1) is 0 Å². The number of benzene rings is 3. The number of amides is 2. The number of nitrogens with one attached hydrogen (secondary N) is 4. The van der Waals surface area contributed by atoms with Crippen molar-refractivity contribution in [2.75, 3.05) is 25.6 Å². The number of aromatic nitrogens is 2. The maximum atomic E-state index is 14.0. The summed E-state index contributed by atoms with van der Waals surface area (Å²) in [7, 11) is 1.27. The average Bonchev–Trinajstić information content (AvgIpc) is 3.51. The number of fused-ring (bicyclic) bond motifs is 1. The number of para-hydroxylation sites is 1. The van der Waals surface area contributed by atoms with Gasteiger partial charge in [-0.3, -0.25) is 4.79 Å². The lowest BCUT2D eigenvalue weighted by Crippen LogP contribution is -2.48. The van der Waals surface area contributed by atoms with Crippen molar-refractivity contribution in [3.05, 3.63) is 130 Å². The molecule has 48 heavy (non-hydrogen) atoms. The molecule has 4 N–H and O–H groups in total. The molecule has 1 aromatic heterocycles. The molecule has 1 fully saturated rings. The largest absolute Gasteiger partial charge is 0.453 e. The number of allylic oxidation sites excluding steroid dienone is 4. The molecular formula is C37H39Cl2N5O4. The topological polar surface area (TPSA) is 117 Å². The van der Waals surface area contributed by atoms with Gasteiger partial charge in [0.15, 0.2) is 0 Å². The van der Waals surface area contributed by atoms with Crippen LogP contribution in [-0.4, -0.2) is 54.4 Å². The lowest BCUT2D eigenvalue weighted by Gasteiger charge is -2.30. The Bertz CT molecular complexity index is 1760. The van der Waals surface area contributed by atoms with Gasteiger partial charge < -0.3 is 30.4 Å². The third kappa shape index (κ3) is 8.73. The van der Waals surface area contributed by atoms with E-state index in [1.807, 2.05) is 85.8 Å². The summed E-state index contributed by atoms with van der Waals surface area (Å²) in [6.45, 7) is 7.25. The number of halogens is 2. The molecule has 9 nitrogen and oxygen atoms in total. The number of aromatic amines is 1. The number of methoxy groups -OCH3 is 1. The van der Waals surface area contributed by atoms with E-state index in [1.165, 1.54) is 7.11 Å². The minimum Gasteiger partial charge on any atom is -0.453 e. The molecule has 0 radical (unpaired) electrons. The van der Waals surface area contributed by atoms with E-state index >= 15 is 0 Å². The molecule has 5 rings (SSSR count). The highest BCUT2D eigenvalue weighted by atomic mass is 35.5. The minimum atomic E-state index is -1.01. The van der Waals surface area contributed by atoms with Gasteiger partial charge in [0.2, 0.25) is 5.91 Å². The summed E-state index contributed by atoms with van der Waals surface area (Å²) < 4.78 is 11.1. The molecule has 0 bridgehead atoms. The first-order valence-corrected chi connectivity index (χ1v) is 16.5. The maximum absolute atomic E-state index is 14.0. The Kier molecular flexibility index (Phi) is 12.1. The number of hydrogen-bond acceptors (Lipinski definition) is 6. The fourth-order valence-electron chi connectivity index (χ4n) is 5.72. The molecule has 2 amide bonds. The van der Waals surface area contributed by atoms with Crippen LogP contribution >= 0.6 is 23.2 Å². The van der Waals surface area contributed by atoms with Crippen LogP contribution in [0.4, 0.5) is 10.5 Å². The Morgan fingerprint density at radius 1 is 1.10 bits per heavy atom. The zero-order valence-corrected chi connectivity index (χ0v) is 28.4. The van der Waals surface area contributed by atoms with Crippen molar-refractivity contribution in [1.82, 2.24) is 20.6 Å². The van der Waals surface area contributed by atoms with Crippen LogP contribution in [0.2, 0.25) is 10.0 Å². The van der Waals surface area contributed by atoms with E-state index in [2.05, 4.69) is 32.5 Å². The van der Waals surface area contributed by atoms with Crippen molar-refractivity contribution >= 4 is 51.9 Å². The summed E-state index contributed by atoms with van der Waals surface area (Å²) in [5, 5.41) is 10.3. The highest BCUT2D eigenvalue weighted by Crippen LogP contribution is 2.31. The zero-order chi connectivity index (χ0) is 34.0. The number of morpholine rings is 1. The van der Waals surface area contributed by atoms with E-state index in [4.69, 9.17) is 32.7 Å². The van der Waals surface area contributed by atoms with Crippen molar-refractivity contribution in [3.63, 3.8) is 0 Å². The summed E-state index contributed by atoms with van der Waals surface area (Å²) >= 11 is 12.3. The number of nitrogens with zero attached hydrogens (tertiary/aromatic N) is 1. The summed E-state index contributed by atoms with van der Waals surface area (Å²) in [6.07, 6.45) is 8.10. The second-order valence-corrected chi connectivity index (χ2v) is 12.3. The first-order chi connectivity index (χ1) is 23.3. The summed E-state index contributed by atoms with van der Waals surface area (Å²) in [4.78, 5) is 34.5. The molecule has 1 saturated heterocycles. The standard InChI is InChI=1S/C37H39Cl2N5O4/c1-4-5-7-12-23(2)33(25-14-8-6-9-15-25)34(44-37(46)47-3)36(45)43-29-16-11-10-13-24(29)17-18-26-21-40-32(22-48-26)35-41-30-19-27(38)28(39)20-31(30)42-35/h4-16,19-20,26,32-34,40H,2,17-18,21-22H2,1,3H3,(H,41,42)(H,43,45)(H,44,46)/b5-4-,12-7-/t26-,32+,33?,34+/m1/s1. The average molecular weight is 689 g/mol. The van der Waals surface area contributed by atoms with Gasteiger partial charge in [-0.05, 0) is 54.7 Å². The smallest absolute Gasteiger partial charge is 0.407 e. The number of carbonyl (C=O) groups is 2. The van der Waals surface area contributed by atoms with Crippen molar-refractivity contribution in [3.8, 4) is 0 Å². The number of alkyl carbamates (subject to hydrolysis) is 1. The van der Waals surface area contributed by atoms with Gasteiger partial charge in [0.05, 0.1) is 46.9 Å². The zero-order valence-electron chi connectivity index (χ0n) is 26.8. The van der Waals surface area contributed by atoms with Crippen molar-refractivity contribution in [1.29, 1.82) is 0 Å². The Morgan fingerprint density at radius 3 is 2.58 bits per heavy atom. The molecule has 4 aromatic rings. The molecular weight excluding hydrogens is 649 g/mol. The van der Waals surface area contributed by atoms with Crippen LogP contribution in [0.1, 0.15) is 42.3 Å². The third-order valence-corrected chi connectivity index (χ3v) is 8.94. The normalized spacial score (nSPS) is 17.8. The number of aryl methyl sites for hydroxylation is 1. The van der Waals surface area contributed by atoms with E-state index in [0.29, 0.717) is 40.9 Å². The van der Waals surface area contributed by atoms with Gasteiger partial charge in [-0.2, -0.15) is 0 Å². The van der Waals surface area contributed by atoms with Crippen LogP contribution in [0.15, 0.2) is 103 Å². The number of rotatable bonds is 12. The number of H-pyrrole nitrogens is 1. The second-order valence-electron chi connectivity index (χ2n) is 11.5. The summed E-state index contributed by atoms with van der Waals surface area (Å²) in [5.74, 6) is -0.192. The van der Waals surface area contributed by atoms with Gasteiger partial charge in [0.1, 0.15) is 11.9 Å². The van der Waals surface area contributed by atoms with Crippen molar-refractivity contribution < 1.29 is 19.1 Å². The summed E-state index contributed by atoms with van der Waals surface area (Å²) in [5.41, 5.74) is 4.64. The second kappa shape index (κ2) is 16.6. The molecule has 0 saturated carbocycles. The SMILES string of the molecule is C=C(/C=C\C=C/C)C(c1ccccc1)[C@H](NC(=O)OC)C(=O)Nc1ccccc1CC[C@@H]1CN[C@H](c2nc3cc(Cl)c(Cl)cc3[nH]2)CO1. The molecule has 0 spiro atoms. The van der Waals surface area contributed by atoms with Gasteiger partial charge in [0.25, 0.3) is 0 Å². The maximum Gasteiger partial charge on any atom is 0.407 e. The highest BCUT2D eigenvalue weighted by molar-refractivity contribution is 6.42. The lowest BCUT2D eigenvalue weighted by atomic mass is 9.84. The molecule has 11 heteroatoms. The molecule has 1 aliphatic heterocycles. The van der Waals surface area contributed by atoms with Gasteiger partial charge >= 0.3 is 6.09 Å². The Morgan fingerprint density at radius 2 is 1.85 bits per heavy atom. The predicted molar refractivity (Wildman–Crippen MR) is 192 cm³/mol. The Balaban J connectivity index is 1.27. The first kappa shape index (κ1) is 34.9. The fraction of sp³-hybridized carbons (Fsp3) is 0.270. The van der Waals surface area contributed by atoms with Crippen LogP contribution in [-0.2, 0) is 20.7 Å². The van der Waals surface area contributed by atoms with Crippen molar-refractivity contribution in [2.45, 2.75) is 43.9 Å². The van der Waals surface area contributed by atoms with Crippen LogP contribution < -0.4 is 16.0 Å². The number of hydrogen-bond donors (Lipinski definition) is 4. The molecule has 1 unspecified atom stereocenters. The Labute approximate surface area is 290 Å². The molecule has 2 heterocycles. The molecule has 4 atom stereocenters. The lowest BCUT2D eigenvalue weighted by molar-refractivity contribution is -0.118. The molecule has 3 aromatic carbocycles. The summed E-state index contributed by atoms with van der Waals surface area (Å²) in [6, 6.07) is 19.5. The number of anilines is 1. The predicted octanol–water partition coefficient (Wildman–Crippen LogP) is 7.67. The molecule has 1 aliphatic rings. The van der Waals surface area contributed by atoms with E-state index < -0.39 is 24.0 Å².